The molecule has 0 bridgehead atoms. The van der Waals surface area contributed by atoms with Crippen molar-refractivity contribution in [1.29, 1.82) is 0 Å². The third kappa shape index (κ3) is 3.87. The van der Waals surface area contributed by atoms with Crippen LogP contribution in [0.4, 0.5) is 5.13 Å². The zero-order valence-electron chi connectivity index (χ0n) is 11.8. The summed E-state index contributed by atoms with van der Waals surface area (Å²) in [5.74, 6) is 0.152. The number of methoxy groups -OCH3 is 1. The van der Waals surface area contributed by atoms with Crippen LogP contribution in [0.5, 0.6) is 0 Å². The fourth-order valence-corrected chi connectivity index (χ4v) is 4.29. The first-order valence-corrected chi connectivity index (χ1v) is 8.97. The van der Waals surface area contributed by atoms with Gasteiger partial charge in [-0.1, -0.05) is 11.3 Å². The number of hydrogen-bond donors (Lipinski definition) is 0. The van der Waals surface area contributed by atoms with Gasteiger partial charge in [-0.3, -0.25) is 0 Å². The van der Waals surface area contributed by atoms with E-state index in [0.29, 0.717) is 39.2 Å². The predicted molar refractivity (Wildman–Crippen MR) is 78.7 cm³/mol. The van der Waals surface area contributed by atoms with Crippen LogP contribution in [0.1, 0.15) is 11.4 Å². The molecular weight excluding hydrogens is 300 g/mol. The van der Waals surface area contributed by atoms with E-state index in [0.717, 1.165) is 10.1 Å². The number of ether oxygens (including phenoxy) is 1. The summed E-state index contributed by atoms with van der Waals surface area (Å²) >= 11 is 1.54. The summed E-state index contributed by atoms with van der Waals surface area (Å²) in [5, 5.41) is 9.89. The van der Waals surface area contributed by atoms with E-state index < -0.39 is 10.0 Å². The number of rotatable bonds is 6. The Morgan fingerprint density at radius 3 is 2.50 bits per heavy atom. The minimum absolute atomic E-state index is 0.152. The Morgan fingerprint density at radius 2 is 1.95 bits per heavy atom. The lowest BCUT2D eigenvalue weighted by atomic mass is 10.4. The molecule has 114 valence electrons. The Bertz CT molecular complexity index is 524. The van der Waals surface area contributed by atoms with E-state index in [9.17, 15) is 8.42 Å². The maximum absolute atomic E-state index is 12.1. The van der Waals surface area contributed by atoms with Crippen molar-refractivity contribution in [3.8, 4) is 0 Å². The second-order valence-corrected chi connectivity index (χ2v) is 7.90. The number of anilines is 1. The quantitative estimate of drug-likeness (QED) is 0.703. The predicted octanol–water partition coefficient (Wildman–Crippen LogP) is 0.335. The van der Waals surface area contributed by atoms with Gasteiger partial charge in [0, 0.05) is 39.9 Å². The number of sulfonamides is 1. The van der Waals surface area contributed by atoms with Gasteiger partial charge in [0.1, 0.15) is 5.01 Å². The molecule has 1 aliphatic heterocycles. The van der Waals surface area contributed by atoms with E-state index in [1.807, 2.05) is 6.92 Å². The minimum Gasteiger partial charge on any atom is -0.385 e. The topological polar surface area (TPSA) is 75.6 Å². The van der Waals surface area contributed by atoms with Crippen molar-refractivity contribution in [2.24, 2.45) is 0 Å². The highest BCUT2D eigenvalue weighted by molar-refractivity contribution is 7.89. The smallest absolute Gasteiger partial charge is 0.214 e. The Morgan fingerprint density at radius 1 is 1.25 bits per heavy atom. The van der Waals surface area contributed by atoms with Crippen molar-refractivity contribution in [1.82, 2.24) is 14.5 Å². The van der Waals surface area contributed by atoms with Gasteiger partial charge in [-0.2, -0.15) is 4.31 Å². The van der Waals surface area contributed by atoms with Gasteiger partial charge in [-0.05, 0) is 13.3 Å². The zero-order valence-corrected chi connectivity index (χ0v) is 13.4. The largest absolute Gasteiger partial charge is 0.385 e. The fourth-order valence-electron chi connectivity index (χ4n) is 2.09. The first kappa shape index (κ1) is 15.6. The molecule has 0 radical (unpaired) electrons. The second kappa shape index (κ2) is 6.79. The van der Waals surface area contributed by atoms with Gasteiger partial charge in [-0.15, -0.1) is 10.2 Å². The summed E-state index contributed by atoms with van der Waals surface area (Å²) in [7, 11) is -1.58. The van der Waals surface area contributed by atoms with Gasteiger partial charge < -0.3 is 9.64 Å². The third-order valence-corrected chi connectivity index (χ3v) is 6.02. The SMILES string of the molecule is COCCCS(=O)(=O)N1CCN(c2nnc(C)s2)CC1. The van der Waals surface area contributed by atoms with Gasteiger partial charge in [0.15, 0.2) is 0 Å². The van der Waals surface area contributed by atoms with E-state index in [1.165, 1.54) is 11.3 Å². The Balaban J connectivity index is 1.87. The molecule has 1 aromatic rings. The average molecular weight is 320 g/mol. The normalized spacial score (nSPS) is 17.6. The molecule has 0 atom stereocenters. The summed E-state index contributed by atoms with van der Waals surface area (Å²) in [6.07, 6.45) is 0.536. The Kier molecular flexibility index (Phi) is 5.30. The first-order valence-electron chi connectivity index (χ1n) is 6.55. The summed E-state index contributed by atoms with van der Waals surface area (Å²) < 4.78 is 30.7. The van der Waals surface area contributed by atoms with E-state index in [4.69, 9.17) is 4.74 Å². The van der Waals surface area contributed by atoms with E-state index in [1.54, 1.807) is 11.4 Å². The van der Waals surface area contributed by atoms with E-state index in [-0.39, 0.29) is 5.75 Å². The Labute approximate surface area is 123 Å². The molecule has 2 heterocycles. The molecule has 20 heavy (non-hydrogen) atoms. The van der Waals surface area contributed by atoms with Crippen molar-refractivity contribution in [3.63, 3.8) is 0 Å². The van der Waals surface area contributed by atoms with E-state index >= 15 is 0 Å². The first-order chi connectivity index (χ1) is 9.53. The summed E-state index contributed by atoms with van der Waals surface area (Å²) in [5.41, 5.74) is 0. The van der Waals surface area contributed by atoms with Crippen LogP contribution < -0.4 is 4.90 Å². The standard InChI is InChI=1S/C11H20N4O3S2/c1-10-12-13-11(19-10)14-4-6-15(7-5-14)20(16,17)9-3-8-18-2/h3-9H2,1-2H3. The van der Waals surface area contributed by atoms with Crippen LogP contribution in [0, 0.1) is 6.92 Å². The summed E-state index contributed by atoms with van der Waals surface area (Å²) in [6, 6.07) is 0. The molecular formula is C11H20N4O3S2. The molecule has 0 saturated carbocycles. The van der Waals surface area contributed by atoms with Crippen LogP contribution in [0.25, 0.3) is 0 Å². The molecule has 7 nitrogen and oxygen atoms in total. The molecule has 1 aromatic heterocycles. The third-order valence-electron chi connectivity index (χ3n) is 3.17. The highest BCUT2D eigenvalue weighted by Crippen LogP contribution is 2.21. The van der Waals surface area contributed by atoms with Crippen LogP contribution in [-0.4, -0.2) is 68.6 Å². The summed E-state index contributed by atoms with van der Waals surface area (Å²) in [4.78, 5) is 2.09. The number of aryl methyl sites for hydroxylation is 1. The van der Waals surface area contributed by atoms with Gasteiger partial charge in [0.2, 0.25) is 15.2 Å². The van der Waals surface area contributed by atoms with Gasteiger partial charge in [0.05, 0.1) is 5.75 Å². The van der Waals surface area contributed by atoms with Crippen molar-refractivity contribution in [2.45, 2.75) is 13.3 Å². The lowest BCUT2D eigenvalue weighted by Crippen LogP contribution is -2.49. The van der Waals surface area contributed by atoms with E-state index in [2.05, 4.69) is 15.1 Å². The van der Waals surface area contributed by atoms with Crippen molar-refractivity contribution in [2.75, 3.05) is 50.5 Å². The molecule has 1 fully saturated rings. The van der Waals surface area contributed by atoms with Crippen molar-refractivity contribution in [3.05, 3.63) is 5.01 Å². The molecule has 0 spiro atoms. The molecule has 0 N–H and O–H groups in total. The summed E-state index contributed by atoms with van der Waals surface area (Å²) in [6.45, 7) is 4.74. The molecule has 9 heteroatoms. The lowest BCUT2D eigenvalue weighted by Gasteiger charge is -2.33. The fraction of sp³-hybridized carbons (Fsp3) is 0.818. The molecule has 1 aliphatic rings. The highest BCUT2D eigenvalue weighted by Gasteiger charge is 2.27. The van der Waals surface area contributed by atoms with Gasteiger partial charge in [0.25, 0.3) is 0 Å². The molecule has 0 amide bonds. The van der Waals surface area contributed by atoms with Gasteiger partial charge in [-0.25, -0.2) is 8.42 Å². The minimum atomic E-state index is -3.16. The maximum Gasteiger partial charge on any atom is 0.214 e. The molecule has 2 rings (SSSR count). The molecule has 0 unspecified atom stereocenters. The number of nitrogens with zero attached hydrogens (tertiary/aromatic N) is 4. The molecule has 0 aliphatic carbocycles. The monoisotopic (exact) mass is 320 g/mol. The molecule has 0 aromatic carbocycles. The van der Waals surface area contributed by atoms with Crippen LogP contribution in [0.2, 0.25) is 0 Å². The zero-order chi connectivity index (χ0) is 14.6. The average Bonchev–Trinajstić information content (AvgIpc) is 2.86. The van der Waals surface area contributed by atoms with Crippen LogP contribution in [-0.2, 0) is 14.8 Å². The number of hydrogen-bond acceptors (Lipinski definition) is 7. The highest BCUT2D eigenvalue weighted by atomic mass is 32.2. The van der Waals surface area contributed by atoms with Crippen LogP contribution >= 0.6 is 11.3 Å². The van der Waals surface area contributed by atoms with Crippen molar-refractivity contribution < 1.29 is 13.2 Å². The van der Waals surface area contributed by atoms with Gasteiger partial charge >= 0.3 is 0 Å². The Hall–Kier alpha value is -0.770. The van der Waals surface area contributed by atoms with Crippen LogP contribution in [0.15, 0.2) is 0 Å². The van der Waals surface area contributed by atoms with Crippen LogP contribution in [0.3, 0.4) is 0 Å². The lowest BCUT2D eigenvalue weighted by molar-refractivity contribution is 0.199. The number of aromatic nitrogens is 2. The second-order valence-electron chi connectivity index (χ2n) is 4.65. The maximum atomic E-state index is 12.1. The van der Waals surface area contributed by atoms with Crippen molar-refractivity contribution >= 4 is 26.5 Å². The number of piperazine rings is 1. The molecule has 1 saturated heterocycles.